The molecule has 0 aliphatic rings. The van der Waals surface area contributed by atoms with Crippen LogP contribution in [0.5, 0.6) is 11.5 Å². The second kappa shape index (κ2) is 10.1. The first-order chi connectivity index (χ1) is 14.1. The van der Waals surface area contributed by atoms with E-state index in [1.807, 2.05) is 36.4 Å². The van der Waals surface area contributed by atoms with Gasteiger partial charge >= 0.3 is 0 Å². The summed E-state index contributed by atoms with van der Waals surface area (Å²) in [6.07, 6.45) is 1.49. The molecule has 0 saturated carbocycles. The molecule has 0 spiro atoms. The Labute approximate surface area is 182 Å². The van der Waals surface area contributed by atoms with Crippen LogP contribution in [0.25, 0.3) is 0 Å². The minimum atomic E-state index is -0.324. The first-order valence-electron chi connectivity index (χ1n) is 8.70. The largest absolute Gasteiger partial charge is 0.493 e. The molecular formula is C22H18BrClN2O3. The summed E-state index contributed by atoms with van der Waals surface area (Å²) in [5, 5.41) is 4.39. The second-order valence-electron chi connectivity index (χ2n) is 5.99. The average Bonchev–Trinajstić information content (AvgIpc) is 2.73. The van der Waals surface area contributed by atoms with E-state index in [2.05, 4.69) is 26.5 Å². The fourth-order valence-electron chi connectivity index (χ4n) is 2.56. The lowest BCUT2D eigenvalue weighted by Gasteiger charge is -2.13. The fourth-order valence-corrected chi connectivity index (χ4v) is 3.29. The van der Waals surface area contributed by atoms with E-state index in [0.29, 0.717) is 38.7 Å². The van der Waals surface area contributed by atoms with Crippen LogP contribution in [0.1, 0.15) is 21.5 Å². The average molecular weight is 474 g/mol. The van der Waals surface area contributed by atoms with E-state index in [0.717, 1.165) is 5.56 Å². The number of halogens is 2. The van der Waals surface area contributed by atoms with Crippen LogP contribution in [0, 0.1) is 0 Å². The molecule has 0 aromatic heterocycles. The lowest BCUT2D eigenvalue weighted by atomic mass is 10.2. The molecule has 29 heavy (non-hydrogen) atoms. The van der Waals surface area contributed by atoms with E-state index >= 15 is 0 Å². The minimum Gasteiger partial charge on any atom is -0.493 e. The first-order valence-corrected chi connectivity index (χ1v) is 9.87. The van der Waals surface area contributed by atoms with E-state index < -0.39 is 0 Å². The van der Waals surface area contributed by atoms with Crippen molar-refractivity contribution in [2.45, 2.75) is 6.61 Å². The van der Waals surface area contributed by atoms with Crippen LogP contribution in [-0.2, 0) is 6.61 Å². The highest BCUT2D eigenvalue weighted by molar-refractivity contribution is 9.10. The normalized spacial score (nSPS) is 10.7. The number of hydrogen-bond acceptors (Lipinski definition) is 4. The zero-order valence-electron chi connectivity index (χ0n) is 15.6. The van der Waals surface area contributed by atoms with Gasteiger partial charge in [0, 0.05) is 4.47 Å². The highest BCUT2D eigenvalue weighted by Gasteiger charge is 2.12. The van der Waals surface area contributed by atoms with Crippen molar-refractivity contribution in [3.05, 3.63) is 92.9 Å². The van der Waals surface area contributed by atoms with Crippen LogP contribution in [0.4, 0.5) is 0 Å². The van der Waals surface area contributed by atoms with E-state index in [1.54, 1.807) is 30.3 Å². The van der Waals surface area contributed by atoms with Crippen LogP contribution in [-0.4, -0.2) is 19.2 Å². The topological polar surface area (TPSA) is 59.9 Å². The third-order valence-corrected chi connectivity index (χ3v) is 4.95. The Kier molecular flexibility index (Phi) is 7.27. The smallest absolute Gasteiger partial charge is 0.272 e. The molecule has 0 unspecified atom stereocenters. The van der Waals surface area contributed by atoms with Crippen molar-refractivity contribution in [2.75, 3.05) is 7.11 Å². The van der Waals surface area contributed by atoms with Crippen LogP contribution < -0.4 is 14.9 Å². The van der Waals surface area contributed by atoms with Crippen molar-refractivity contribution in [1.29, 1.82) is 0 Å². The summed E-state index contributed by atoms with van der Waals surface area (Å²) in [7, 11) is 1.54. The zero-order valence-corrected chi connectivity index (χ0v) is 17.9. The Morgan fingerprint density at radius 3 is 2.59 bits per heavy atom. The highest BCUT2D eigenvalue weighted by atomic mass is 79.9. The maximum atomic E-state index is 12.2. The number of carbonyl (C=O) groups is 1. The maximum Gasteiger partial charge on any atom is 0.272 e. The van der Waals surface area contributed by atoms with E-state index in [1.165, 1.54) is 13.3 Å². The van der Waals surface area contributed by atoms with E-state index in [9.17, 15) is 4.79 Å². The molecule has 0 saturated heterocycles. The summed E-state index contributed by atoms with van der Waals surface area (Å²) in [4.78, 5) is 12.2. The van der Waals surface area contributed by atoms with Crippen LogP contribution in [0.2, 0.25) is 5.02 Å². The monoisotopic (exact) mass is 472 g/mol. The number of ether oxygens (including phenoxy) is 2. The number of methoxy groups -OCH3 is 1. The number of amides is 1. The van der Waals surface area contributed by atoms with Crippen molar-refractivity contribution in [3.63, 3.8) is 0 Å². The highest BCUT2D eigenvalue weighted by Crippen LogP contribution is 2.36. The van der Waals surface area contributed by atoms with Crippen LogP contribution in [0.15, 0.2) is 76.3 Å². The summed E-state index contributed by atoms with van der Waals surface area (Å²) in [5.74, 6) is 0.606. The summed E-state index contributed by atoms with van der Waals surface area (Å²) in [6.45, 7) is 0.367. The van der Waals surface area contributed by atoms with Gasteiger partial charge in [-0.1, -0.05) is 54.1 Å². The quantitative estimate of drug-likeness (QED) is 0.366. The lowest BCUT2D eigenvalue weighted by molar-refractivity contribution is 0.0954. The molecule has 0 fully saturated rings. The third-order valence-electron chi connectivity index (χ3n) is 3.98. The van der Waals surface area contributed by atoms with Crippen molar-refractivity contribution >= 4 is 39.7 Å². The minimum absolute atomic E-state index is 0.324. The van der Waals surface area contributed by atoms with Crippen molar-refractivity contribution in [3.8, 4) is 11.5 Å². The number of hydrogen-bond donors (Lipinski definition) is 1. The van der Waals surface area contributed by atoms with E-state index in [4.69, 9.17) is 21.1 Å². The number of rotatable bonds is 7. The molecule has 3 rings (SSSR count). The molecule has 1 N–H and O–H groups in total. The molecule has 0 bridgehead atoms. The molecule has 0 radical (unpaired) electrons. The molecule has 5 nitrogen and oxygen atoms in total. The van der Waals surface area contributed by atoms with Gasteiger partial charge in [-0.3, -0.25) is 4.79 Å². The number of nitrogens with one attached hydrogen (secondary N) is 1. The van der Waals surface area contributed by atoms with E-state index in [-0.39, 0.29) is 5.91 Å². The standard InChI is InChI=1S/C22H18BrClN2O3/c1-28-20-12-16(13-25-26-22(27)17-9-5-6-10-18(17)23)11-19(24)21(20)29-14-15-7-3-2-4-8-15/h2-13H,14H2,1H3,(H,26,27)/b25-13-. The van der Waals surface area contributed by atoms with Crippen molar-refractivity contribution < 1.29 is 14.3 Å². The van der Waals surface area contributed by atoms with Gasteiger partial charge in [-0.25, -0.2) is 5.43 Å². The molecule has 1 amide bonds. The number of nitrogens with zero attached hydrogens (tertiary/aromatic N) is 1. The van der Waals surface area contributed by atoms with Crippen LogP contribution in [0.3, 0.4) is 0 Å². The van der Waals surface area contributed by atoms with Gasteiger partial charge in [0.2, 0.25) is 0 Å². The van der Waals surface area contributed by atoms with Crippen molar-refractivity contribution in [1.82, 2.24) is 5.43 Å². The first kappa shape index (κ1) is 20.9. The van der Waals surface area contributed by atoms with Crippen LogP contribution >= 0.6 is 27.5 Å². The molecule has 7 heteroatoms. The third kappa shape index (κ3) is 5.59. The Morgan fingerprint density at radius 2 is 1.86 bits per heavy atom. The van der Waals surface area contributed by atoms with Gasteiger partial charge in [0.1, 0.15) is 6.61 Å². The van der Waals surface area contributed by atoms with Crippen molar-refractivity contribution in [2.24, 2.45) is 5.10 Å². The predicted molar refractivity (Wildman–Crippen MR) is 118 cm³/mol. The molecule has 148 valence electrons. The molecule has 3 aromatic rings. The number of benzene rings is 3. The lowest BCUT2D eigenvalue weighted by Crippen LogP contribution is -2.18. The Morgan fingerprint density at radius 1 is 1.14 bits per heavy atom. The molecule has 0 aliphatic heterocycles. The maximum absolute atomic E-state index is 12.2. The number of hydrazone groups is 1. The SMILES string of the molecule is COc1cc(/C=N\NC(=O)c2ccccc2Br)cc(Cl)c1OCc1ccccc1. The van der Waals surface area contributed by atoms with Gasteiger partial charge in [-0.05, 0) is 51.3 Å². The van der Waals surface area contributed by atoms with Gasteiger partial charge in [0.25, 0.3) is 5.91 Å². The molecule has 0 aliphatic carbocycles. The van der Waals surface area contributed by atoms with Gasteiger partial charge in [0.05, 0.1) is 23.9 Å². The summed E-state index contributed by atoms with van der Waals surface area (Å²) in [6, 6.07) is 20.3. The molecular weight excluding hydrogens is 456 g/mol. The second-order valence-corrected chi connectivity index (χ2v) is 7.25. The summed E-state index contributed by atoms with van der Waals surface area (Å²) >= 11 is 9.72. The summed E-state index contributed by atoms with van der Waals surface area (Å²) < 4.78 is 11.9. The van der Waals surface area contributed by atoms with Gasteiger partial charge in [0.15, 0.2) is 11.5 Å². The number of carbonyl (C=O) groups excluding carboxylic acids is 1. The molecule has 0 heterocycles. The molecule has 0 atom stereocenters. The Bertz CT molecular complexity index is 1030. The Balaban J connectivity index is 1.70. The summed E-state index contributed by atoms with van der Waals surface area (Å²) in [5.41, 5.74) is 4.66. The Hall–Kier alpha value is -2.83. The van der Waals surface area contributed by atoms with Gasteiger partial charge in [-0.2, -0.15) is 5.10 Å². The predicted octanol–water partition coefficient (Wildman–Crippen LogP) is 5.45. The van der Waals surface area contributed by atoms with Gasteiger partial charge < -0.3 is 9.47 Å². The zero-order chi connectivity index (χ0) is 20.6. The van der Waals surface area contributed by atoms with Gasteiger partial charge in [-0.15, -0.1) is 0 Å². The molecule has 3 aromatic carbocycles. The fraction of sp³-hybridized carbons (Fsp3) is 0.0909.